The van der Waals surface area contributed by atoms with Crippen molar-refractivity contribution in [1.82, 2.24) is 26.2 Å². The number of hydrogen-bond donors (Lipinski definition) is 5. The largest absolute Gasteiger partial charge is 0.496 e. The molecule has 1 aromatic carbocycles. The Kier molecular flexibility index (Phi) is 11.4. The highest BCUT2D eigenvalue weighted by molar-refractivity contribution is 6.30. The molecule has 5 N–H and O–H groups in total. The second-order valence-electron chi connectivity index (χ2n) is 11.1. The molecule has 14 nitrogen and oxygen atoms in total. The molecule has 0 spiro atoms. The van der Waals surface area contributed by atoms with Crippen molar-refractivity contribution in [2.75, 3.05) is 26.8 Å². The number of carboxylic acid groups (broad SMARTS) is 1. The molecule has 0 bridgehead atoms. The van der Waals surface area contributed by atoms with Gasteiger partial charge in [0.15, 0.2) is 0 Å². The van der Waals surface area contributed by atoms with Crippen LogP contribution in [0.3, 0.4) is 0 Å². The minimum absolute atomic E-state index is 0.0154. The average molecular weight is 636 g/mol. The maximum atomic E-state index is 14.0. The highest BCUT2D eigenvalue weighted by atomic mass is 35.5. The number of nitrogens with one attached hydrogen (secondary N) is 4. The Morgan fingerprint density at radius 2 is 1.89 bits per heavy atom. The molecule has 44 heavy (non-hydrogen) atoms. The Morgan fingerprint density at radius 1 is 1.09 bits per heavy atom. The van der Waals surface area contributed by atoms with Crippen LogP contribution in [0.5, 0.6) is 5.75 Å². The normalized spacial score (nSPS) is 26.8. The maximum Gasteiger partial charge on any atom is 0.326 e. The van der Waals surface area contributed by atoms with Crippen LogP contribution in [0, 0.1) is 0 Å². The smallest absolute Gasteiger partial charge is 0.326 e. The summed E-state index contributed by atoms with van der Waals surface area (Å²) < 4.78 is 10.8. The third-order valence-electron chi connectivity index (χ3n) is 7.98. The zero-order valence-electron chi connectivity index (χ0n) is 24.4. The van der Waals surface area contributed by atoms with Gasteiger partial charge in [-0.05, 0) is 63.1 Å². The van der Waals surface area contributed by atoms with Crippen LogP contribution in [0.25, 0.3) is 0 Å². The predicted molar refractivity (Wildman–Crippen MR) is 156 cm³/mol. The molecule has 3 saturated heterocycles. The van der Waals surface area contributed by atoms with Crippen molar-refractivity contribution < 1.29 is 43.3 Å². The molecule has 5 atom stereocenters. The van der Waals surface area contributed by atoms with Crippen molar-refractivity contribution in [3.05, 3.63) is 28.8 Å². The van der Waals surface area contributed by atoms with E-state index in [1.807, 2.05) is 0 Å². The molecule has 3 aliphatic heterocycles. The minimum atomic E-state index is -1.38. The van der Waals surface area contributed by atoms with E-state index in [0.29, 0.717) is 37.4 Å². The first-order valence-corrected chi connectivity index (χ1v) is 15.1. The van der Waals surface area contributed by atoms with E-state index in [1.165, 1.54) is 30.2 Å². The summed E-state index contributed by atoms with van der Waals surface area (Å²) in [6.45, 7) is 0.677. The van der Waals surface area contributed by atoms with Crippen molar-refractivity contribution in [2.45, 2.75) is 81.6 Å². The molecule has 3 aliphatic rings. The number of carboxylic acids is 1. The Morgan fingerprint density at radius 3 is 2.59 bits per heavy atom. The SMILES string of the molecule is COc1cc(Cl)ccc1C(=O)N[C@@H]1C[C@H]2C(=O)N[C@H](C(=O)O)CCC(=O)NCCCC[C@H](NC(=O)[C@H]3CCCO3)C(=O)N2C1. The Bertz CT molecular complexity index is 1270. The molecule has 3 fully saturated rings. The molecule has 3 heterocycles. The summed E-state index contributed by atoms with van der Waals surface area (Å²) in [6, 6.07) is 0.281. The summed E-state index contributed by atoms with van der Waals surface area (Å²) in [5, 5.41) is 20.9. The third kappa shape index (κ3) is 8.38. The van der Waals surface area contributed by atoms with Crippen molar-refractivity contribution in [3.63, 3.8) is 0 Å². The van der Waals surface area contributed by atoms with Crippen LogP contribution < -0.4 is 26.0 Å². The van der Waals surface area contributed by atoms with Crippen LogP contribution in [-0.2, 0) is 28.7 Å². The molecular formula is C29H38ClN5O9. The van der Waals surface area contributed by atoms with Crippen molar-refractivity contribution in [2.24, 2.45) is 0 Å². The standard InChI is InChI=1S/C29H38ClN5O9/c1-43-23-13-16(30)7-8-18(23)25(37)32-17-14-21-26(38)34-20(29(41)42)9-10-24(36)31-11-3-2-5-19(28(40)35(21)15-17)33-27(39)22-6-4-12-44-22/h7-8,13,17,19-22H,2-6,9-12,14-15H2,1H3,(H,31,36)(H,32,37)(H,33,39)(H,34,38)(H,41,42)/t17-,19+,20+,21+,22-/m1/s1. The number of carbonyl (C=O) groups is 6. The lowest BCUT2D eigenvalue weighted by atomic mass is 10.1. The number of hydrogen-bond acceptors (Lipinski definition) is 8. The van der Waals surface area contributed by atoms with Gasteiger partial charge in [0.1, 0.15) is 30.0 Å². The molecule has 4 rings (SSSR count). The van der Waals surface area contributed by atoms with E-state index >= 15 is 0 Å². The fourth-order valence-corrected chi connectivity index (χ4v) is 5.81. The first kappa shape index (κ1) is 33.0. The summed E-state index contributed by atoms with van der Waals surface area (Å²) in [7, 11) is 1.39. The second kappa shape index (κ2) is 15.2. The number of nitrogens with zero attached hydrogens (tertiary/aromatic N) is 1. The first-order chi connectivity index (χ1) is 21.1. The molecule has 0 aliphatic carbocycles. The maximum absolute atomic E-state index is 14.0. The second-order valence-corrected chi connectivity index (χ2v) is 11.5. The molecule has 0 radical (unpaired) electrons. The fourth-order valence-electron chi connectivity index (χ4n) is 5.65. The van der Waals surface area contributed by atoms with Crippen molar-refractivity contribution in [1.29, 1.82) is 0 Å². The summed E-state index contributed by atoms with van der Waals surface area (Å²) in [5.41, 5.74) is 0.197. The van der Waals surface area contributed by atoms with Crippen LogP contribution in [0.15, 0.2) is 18.2 Å². The van der Waals surface area contributed by atoms with Crippen LogP contribution >= 0.6 is 11.6 Å². The van der Waals surface area contributed by atoms with Gasteiger partial charge >= 0.3 is 5.97 Å². The number of methoxy groups -OCH3 is 1. The number of carbonyl (C=O) groups excluding carboxylic acids is 5. The Hall–Kier alpha value is -3.91. The van der Waals surface area contributed by atoms with E-state index in [4.69, 9.17) is 21.1 Å². The average Bonchev–Trinajstić information content (AvgIpc) is 3.68. The number of ether oxygens (including phenoxy) is 2. The number of amides is 5. The lowest BCUT2D eigenvalue weighted by molar-refractivity contribution is -0.145. The highest BCUT2D eigenvalue weighted by Crippen LogP contribution is 2.26. The van der Waals surface area contributed by atoms with Gasteiger partial charge in [-0.25, -0.2) is 4.79 Å². The summed E-state index contributed by atoms with van der Waals surface area (Å²) >= 11 is 6.03. The van der Waals surface area contributed by atoms with E-state index in [2.05, 4.69) is 21.3 Å². The Balaban J connectivity index is 1.60. The molecule has 5 amide bonds. The fraction of sp³-hybridized carbons (Fsp3) is 0.586. The number of rotatable bonds is 6. The van der Waals surface area contributed by atoms with E-state index < -0.39 is 59.9 Å². The van der Waals surface area contributed by atoms with Gasteiger partial charge in [-0.2, -0.15) is 0 Å². The van der Waals surface area contributed by atoms with Crippen LogP contribution in [0.1, 0.15) is 61.7 Å². The van der Waals surface area contributed by atoms with Crippen LogP contribution in [-0.4, -0.2) is 103 Å². The van der Waals surface area contributed by atoms with Crippen LogP contribution in [0.4, 0.5) is 0 Å². The van der Waals surface area contributed by atoms with E-state index in [-0.39, 0.29) is 49.4 Å². The number of aliphatic carboxylic acids is 1. The molecular weight excluding hydrogens is 598 g/mol. The molecule has 240 valence electrons. The van der Waals surface area contributed by atoms with E-state index in [9.17, 15) is 33.9 Å². The number of fused-ring (bicyclic) bond motifs is 1. The topological polar surface area (TPSA) is 192 Å². The van der Waals surface area contributed by atoms with E-state index in [1.54, 1.807) is 0 Å². The number of halogens is 1. The van der Waals surface area contributed by atoms with Crippen molar-refractivity contribution in [3.8, 4) is 5.75 Å². The van der Waals surface area contributed by atoms with Gasteiger partial charge in [0.05, 0.1) is 12.7 Å². The highest BCUT2D eigenvalue weighted by Gasteiger charge is 2.44. The Labute approximate surface area is 259 Å². The monoisotopic (exact) mass is 635 g/mol. The zero-order valence-corrected chi connectivity index (χ0v) is 25.2. The van der Waals surface area contributed by atoms with Crippen molar-refractivity contribution >= 4 is 47.1 Å². The quantitative estimate of drug-likeness (QED) is 0.294. The van der Waals surface area contributed by atoms with Gasteiger partial charge in [-0.15, -0.1) is 0 Å². The van der Waals surface area contributed by atoms with Gasteiger partial charge in [-0.3, -0.25) is 24.0 Å². The molecule has 1 aromatic rings. The van der Waals surface area contributed by atoms with Gasteiger partial charge in [0, 0.05) is 37.2 Å². The third-order valence-corrected chi connectivity index (χ3v) is 8.22. The first-order valence-electron chi connectivity index (χ1n) is 14.7. The number of benzene rings is 1. The van der Waals surface area contributed by atoms with Gasteiger partial charge < -0.3 is 40.7 Å². The lowest BCUT2D eigenvalue weighted by Gasteiger charge is -2.29. The van der Waals surface area contributed by atoms with Gasteiger partial charge in [-0.1, -0.05) is 11.6 Å². The molecule has 15 heteroatoms. The summed E-state index contributed by atoms with van der Waals surface area (Å²) in [5.74, 6) is -3.68. The zero-order chi connectivity index (χ0) is 31.8. The molecule has 0 unspecified atom stereocenters. The molecule has 0 saturated carbocycles. The lowest BCUT2D eigenvalue weighted by Crippen LogP contribution is -2.56. The van der Waals surface area contributed by atoms with Gasteiger partial charge in [0.2, 0.25) is 23.6 Å². The van der Waals surface area contributed by atoms with Gasteiger partial charge in [0.25, 0.3) is 5.91 Å². The summed E-state index contributed by atoms with van der Waals surface area (Å²) in [4.78, 5) is 79.2. The minimum Gasteiger partial charge on any atom is -0.496 e. The summed E-state index contributed by atoms with van der Waals surface area (Å²) in [6.07, 6.45) is 1.48. The predicted octanol–water partition coefficient (Wildman–Crippen LogP) is 0.361. The van der Waals surface area contributed by atoms with E-state index in [0.717, 1.165) is 6.42 Å². The van der Waals surface area contributed by atoms with Crippen LogP contribution in [0.2, 0.25) is 5.02 Å². The molecule has 0 aromatic heterocycles.